The lowest BCUT2D eigenvalue weighted by Crippen LogP contribution is -2.40. The average molecular weight is 233 g/mol. The molecule has 88 valence electrons. The molecule has 1 amide bonds. The molecule has 0 saturated carbocycles. The second-order valence-electron chi connectivity index (χ2n) is 4.00. The normalized spacial score (nSPS) is 19.1. The van der Waals surface area contributed by atoms with Crippen LogP contribution in [0.3, 0.4) is 0 Å². The van der Waals surface area contributed by atoms with E-state index in [4.69, 9.17) is 11.0 Å². The summed E-state index contributed by atoms with van der Waals surface area (Å²) in [5.74, 6) is -1.00. The molecule has 1 atom stereocenters. The fourth-order valence-corrected chi connectivity index (χ4v) is 2.21. The molecule has 0 bridgehead atoms. The highest BCUT2D eigenvalue weighted by Gasteiger charge is 2.31. The molecule has 1 aromatic rings. The summed E-state index contributed by atoms with van der Waals surface area (Å²) < 4.78 is 13.5. The number of nitrogens with two attached hydrogens (primary N) is 1. The van der Waals surface area contributed by atoms with Gasteiger partial charge in [0.1, 0.15) is 23.5 Å². The third-order valence-corrected chi connectivity index (χ3v) is 2.99. The van der Waals surface area contributed by atoms with Crippen LogP contribution in [0.4, 0.5) is 10.1 Å². The van der Waals surface area contributed by atoms with E-state index in [1.807, 2.05) is 6.07 Å². The first-order valence-electron chi connectivity index (χ1n) is 5.39. The van der Waals surface area contributed by atoms with Crippen LogP contribution in [-0.4, -0.2) is 18.5 Å². The molecule has 1 aliphatic rings. The van der Waals surface area contributed by atoms with Crippen molar-refractivity contribution >= 4 is 11.6 Å². The Labute approximate surface area is 98.4 Å². The van der Waals surface area contributed by atoms with Gasteiger partial charge in [-0.1, -0.05) is 6.07 Å². The van der Waals surface area contributed by atoms with Crippen LogP contribution in [0, 0.1) is 17.1 Å². The van der Waals surface area contributed by atoms with Gasteiger partial charge in [0.05, 0.1) is 5.69 Å². The van der Waals surface area contributed by atoms with Crippen LogP contribution < -0.4 is 10.6 Å². The Balaban J connectivity index is 2.44. The zero-order chi connectivity index (χ0) is 12.4. The largest absolute Gasteiger partial charge is 0.368 e. The lowest BCUT2D eigenvalue weighted by Gasteiger charge is -2.25. The Morgan fingerprint density at radius 1 is 1.59 bits per heavy atom. The Morgan fingerprint density at radius 2 is 2.35 bits per heavy atom. The van der Waals surface area contributed by atoms with Crippen molar-refractivity contribution in [1.82, 2.24) is 0 Å². The first-order chi connectivity index (χ1) is 8.15. The van der Waals surface area contributed by atoms with Crippen LogP contribution in [-0.2, 0) is 4.79 Å². The molecule has 1 heterocycles. The summed E-state index contributed by atoms with van der Waals surface area (Å²) >= 11 is 0. The lowest BCUT2D eigenvalue weighted by molar-refractivity contribution is -0.119. The smallest absolute Gasteiger partial charge is 0.240 e. The van der Waals surface area contributed by atoms with Crippen molar-refractivity contribution in [2.24, 2.45) is 5.73 Å². The van der Waals surface area contributed by atoms with Crippen LogP contribution in [0.2, 0.25) is 0 Å². The van der Waals surface area contributed by atoms with Crippen LogP contribution >= 0.6 is 0 Å². The summed E-state index contributed by atoms with van der Waals surface area (Å²) in [7, 11) is 0. The van der Waals surface area contributed by atoms with Crippen molar-refractivity contribution in [2.75, 3.05) is 11.4 Å². The summed E-state index contributed by atoms with van der Waals surface area (Å²) in [6.07, 6.45) is 1.46. The van der Waals surface area contributed by atoms with E-state index in [1.54, 1.807) is 11.0 Å². The third-order valence-electron chi connectivity index (χ3n) is 2.99. The summed E-state index contributed by atoms with van der Waals surface area (Å²) in [6, 6.07) is 5.80. The minimum absolute atomic E-state index is 0.0272. The topological polar surface area (TPSA) is 70.1 Å². The van der Waals surface area contributed by atoms with Gasteiger partial charge in [-0.2, -0.15) is 5.26 Å². The molecule has 0 aromatic heterocycles. The number of amides is 1. The summed E-state index contributed by atoms with van der Waals surface area (Å²) in [4.78, 5) is 13.0. The zero-order valence-corrected chi connectivity index (χ0v) is 9.19. The van der Waals surface area contributed by atoms with Gasteiger partial charge < -0.3 is 10.6 Å². The van der Waals surface area contributed by atoms with Crippen molar-refractivity contribution in [3.8, 4) is 6.07 Å². The second kappa shape index (κ2) is 4.42. The SMILES string of the molecule is N#Cc1c(F)cccc1N1CCCC1C(N)=O. The van der Waals surface area contributed by atoms with Gasteiger partial charge in [-0.25, -0.2) is 4.39 Å². The van der Waals surface area contributed by atoms with Gasteiger partial charge in [-0.05, 0) is 25.0 Å². The maximum Gasteiger partial charge on any atom is 0.240 e. The third kappa shape index (κ3) is 1.94. The fraction of sp³-hybridized carbons (Fsp3) is 0.333. The molecule has 1 aromatic carbocycles. The molecule has 2 rings (SSSR count). The first-order valence-corrected chi connectivity index (χ1v) is 5.39. The Hall–Kier alpha value is -2.09. The molecule has 1 fully saturated rings. The molecule has 17 heavy (non-hydrogen) atoms. The highest BCUT2D eigenvalue weighted by atomic mass is 19.1. The number of carbonyl (C=O) groups excluding carboxylic acids is 1. The number of primary amides is 1. The van der Waals surface area contributed by atoms with Crippen molar-refractivity contribution < 1.29 is 9.18 Å². The molecule has 1 aliphatic heterocycles. The summed E-state index contributed by atoms with van der Waals surface area (Å²) in [5, 5.41) is 8.95. The maximum atomic E-state index is 13.5. The number of hydrogen-bond acceptors (Lipinski definition) is 3. The van der Waals surface area contributed by atoms with Gasteiger partial charge in [-0.3, -0.25) is 4.79 Å². The summed E-state index contributed by atoms with van der Waals surface area (Å²) in [6.45, 7) is 0.617. The fourth-order valence-electron chi connectivity index (χ4n) is 2.21. The number of rotatable bonds is 2. The van der Waals surface area contributed by atoms with Gasteiger partial charge in [-0.15, -0.1) is 0 Å². The van der Waals surface area contributed by atoms with Gasteiger partial charge in [0, 0.05) is 6.54 Å². The maximum absolute atomic E-state index is 13.5. The minimum atomic E-state index is -0.569. The molecule has 2 N–H and O–H groups in total. The van der Waals surface area contributed by atoms with Crippen molar-refractivity contribution in [1.29, 1.82) is 5.26 Å². The van der Waals surface area contributed by atoms with Gasteiger partial charge in [0.25, 0.3) is 0 Å². The molecule has 1 unspecified atom stereocenters. The number of nitriles is 1. The molecule has 0 spiro atoms. The summed E-state index contributed by atoms with van der Waals surface area (Å²) in [5.41, 5.74) is 5.72. The van der Waals surface area contributed by atoms with E-state index < -0.39 is 17.8 Å². The highest BCUT2D eigenvalue weighted by Crippen LogP contribution is 2.29. The second-order valence-corrected chi connectivity index (χ2v) is 4.00. The first kappa shape index (κ1) is 11.4. The van der Waals surface area contributed by atoms with Crippen molar-refractivity contribution in [2.45, 2.75) is 18.9 Å². The monoisotopic (exact) mass is 233 g/mol. The molecular formula is C12H12FN3O. The molecule has 0 aliphatic carbocycles. The average Bonchev–Trinajstić information content (AvgIpc) is 2.77. The Bertz CT molecular complexity index is 495. The quantitative estimate of drug-likeness (QED) is 0.833. The van der Waals surface area contributed by atoms with Crippen molar-refractivity contribution in [3.63, 3.8) is 0 Å². The molecular weight excluding hydrogens is 221 g/mol. The van der Waals surface area contributed by atoms with Gasteiger partial charge in [0.2, 0.25) is 5.91 Å². The molecule has 4 nitrogen and oxygen atoms in total. The minimum Gasteiger partial charge on any atom is -0.368 e. The van der Waals surface area contributed by atoms with E-state index >= 15 is 0 Å². The number of hydrogen-bond donors (Lipinski definition) is 1. The number of anilines is 1. The molecule has 1 saturated heterocycles. The zero-order valence-electron chi connectivity index (χ0n) is 9.19. The van der Waals surface area contributed by atoms with E-state index in [0.717, 1.165) is 6.42 Å². The standard InChI is InChI=1S/C12H12FN3O/c13-9-3-1-4-10(8(9)7-14)16-6-2-5-11(16)12(15)17/h1,3-4,11H,2,5-6H2,(H2,15,17). The predicted octanol–water partition coefficient (Wildman–Crippen LogP) is 1.15. The number of halogens is 1. The highest BCUT2D eigenvalue weighted by molar-refractivity contribution is 5.85. The predicted molar refractivity (Wildman–Crippen MR) is 60.7 cm³/mol. The van der Waals surface area contributed by atoms with Crippen molar-refractivity contribution in [3.05, 3.63) is 29.6 Å². The van der Waals surface area contributed by atoms with Crippen LogP contribution in [0.15, 0.2) is 18.2 Å². The molecule has 0 radical (unpaired) electrons. The number of benzene rings is 1. The Morgan fingerprint density at radius 3 is 3.00 bits per heavy atom. The number of nitrogens with zero attached hydrogens (tertiary/aromatic N) is 2. The van der Waals surface area contributed by atoms with Gasteiger partial charge >= 0.3 is 0 Å². The lowest BCUT2D eigenvalue weighted by atomic mass is 10.1. The molecule has 5 heteroatoms. The van der Waals surface area contributed by atoms with E-state index in [0.29, 0.717) is 18.7 Å². The number of carbonyl (C=O) groups is 1. The van der Waals surface area contributed by atoms with Crippen LogP contribution in [0.1, 0.15) is 18.4 Å². The van der Waals surface area contributed by atoms with Crippen LogP contribution in [0.25, 0.3) is 0 Å². The van der Waals surface area contributed by atoms with Crippen LogP contribution in [0.5, 0.6) is 0 Å². The Kier molecular flexibility index (Phi) is 2.96. The van der Waals surface area contributed by atoms with E-state index in [9.17, 15) is 9.18 Å². The van der Waals surface area contributed by atoms with E-state index in [-0.39, 0.29) is 5.56 Å². The van der Waals surface area contributed by atoms with Gasteiger partial charge in [0.15, 0.2) is 0 Å². The van der Waals surface area contributed by atoms with E-state index in [2.05, 4.69) is 0 Å². The van der Waals surface area contributed by atoms with E-state index in [1.165, 1.54) is 12.1 Å².